The van der Waals surface area contributed by atoms with E-state index in [1.54, 1.807) is 24.3 Å². The maximum Gasteiger partial charge on any atom is 0.295 e. The summed E-state index contributed by atoms with van der Waals surface area (Å²) in [7, 11) is 2.89. The molecule has 1 amide bonds. The molecular weight excluding hydrogens is 529 g/mol. The number of halogens is 2. The third-order valence-corrected chi connectivity index (χ3v) is 6.89. The Labute approximate surface area is 231 Å². The van der Waals surface area contributed by atoms with Crippen LogP contribution in [0.25, 0.3) is 5.76 Å². The number of benzene rings is 3. The van der Waals surface area contributed by atoms with E-state index in [1.165, 1.54) is 31.3 Å². The van der Waals surface area contributed by atoms with Gasteiger partial charge in [0.1, 0.15) is 23.9 Å². The molecule has 1 aliphatic rings. The van der Waals surface area contributed by atoms with Gasteiger partial charge in [-0.1, -0.05) is 59.6 Å². The number of carbonyl (C=O) groups is 2. The van der Waals surface area contributed by atoms with Crippen LogP contribution in [0.4, 0.5) is 0 Å². The number of aryl methyl sites for hydroxylation is 1. The number of methoxy groups -OCH3 is 2. The highest BCUT2D eigenvalue weighted by molar-refractivity contribution is 6.46. The first-order valence-electron chi connectivity index (χ1n) is 11.8. The first-order chi connectivity index (χ1) is 18.3. The van der Waals surface area contributed by atoms with Crippen LogP contribution < -0.4 is 9.47 Å². The number of Topliss-reactive ketones (excluding diaryl/α,β-unsaturated/α-hetero) is 1. The Morgan fingerprint density at radius 1 is 1.03 bits per heavy atom. The lowest BCUT2D eigenvalue weighted by atomic mass is 9.95. The lowest BCUT2D eigenvalue weighted by molar-refractivity contribution is -0.140. The molecule has 38 heavy (non-hydrogen) atoms. The average Bonchev–Trinajstić information content (AvgIpc) is 3.16. The molecule has 1 aliphatic heterocycles. The molecule has 3 aromatic rings. The largest absolute Gasteiger partial charge is 0.507 e. The fourth-order valence-electron chi connectivity index (χ4n) is 4.42. The minimum absolute atomic E-state index is 0.101. The number of ketones is 1. The molecule has 1 saturated heterocycles. The highest BCUT2D eigenvalue weighted by Gasteiger charge is 2.46. The quantitative estimate of drug-likeness (QED) is 0.199. The van der Waals surface area contributed by atoms with Crippen LogP contribution in [0.3, 0.4) is 0 Å². The molecule has 0 saturated carbocycles. The van der Waals surface area contributed by atoms with E-state index in [-0.39, 0.29) is 40.1 Å². The number of amides is 1. The molecule has 3 aromatic carbocycles. The summed E-state index contributed by atoms with van der Waals surface area (Å²) in [4.78, 5) is 27.7. The van der Waals surface area contributed by atoms with Gasteiger partial charge in [0.25, 0.3) is 11.7 Å². The van der Waals surface area contributed by atoms with E-state index in [2.05, 4.69) is 0 Å². The van der Waals surface area contributed by atoms with E-state index in [1.807, 2.05) is 31.2 Å². The molecule has 9 heteroatoms. The molecule has 7 nitrogen and oxygen atoms in total. The van der Waals surface area contributed by atoms with Gasteiger partial charge in [-0.2, -0.15) is 0 Å². The minimum atomic E-state index is -0.877. The van der Waals surface area contributed by atoms with Gasteiger partial charge in [0.2, 0.25) is 0 Å². The van der Waals surface area contributed by atoms with Crippen molar-refractivity contribution >= 4 is 40.7 Å². The van der Waals surface area contributed by atoms with Crippen molar-refractivity contribution in [1.82, 2.24) is 4.90 Å². The van der Waals surface area contributed by atoms with E-state index in [0.29, 0.717) is 17.9 Å². The zero-order valence-corrected chi connectivity index (χ0v) is 22.7. The molecule has 4 rings (SSSR count). The Kier molecular flexibility index (Phi) is 8.62. The van der Waals surface area contributed by atoms with Crippen LogP contribution in [0, 0.1) is 6.92 Å². The molecule has 1 heterocycles. The van der Waals surface area contributed by atoms with Gasteiger partial charge in [0.05, 0.1) is 35.9 Å². The molecule has 0 radical (unpaired) electrons. The second-order valence-corrected chi connectivity index (χ2v) is 9.58. The average molecular weight is 556 g/mol. The van der Waals surface area contributed by atoms with Crippen molar-refractivity contribution in [2.45, 2.75) is 19.6 Å². The summed E-state index contributed by atoms with van der Waals surface area (Å²) in [6.07, 6.45) is 0. The van der Waals surface area contributed by atoms with Gasteiger partial charge in [0, 0.05) is 18.7 Å². The number of aliphatic hydroxyl groups excluding tert-OH is 1. The molecule has 0 bridgehead atoms. The molecule has 1 N–H and O–H groups in total. The van der Waals surface area contributed by atoms with Crippen LogP contribution >= 0.6 is 23.2 Å². The predicted molar refractivity (Wildman–Crippen MR) is 146 cm³/mol. The Morgan fingerprint density at radius 2 is 1.74 bits per heavy atom. The molecule has 1 unspecified atom stereocenters. The summed E-state index contributed by atoms with van der Waals surface area (Å²) in [5, 5.41) is 11.8. The van der Waals surface area contributed by atoms with Gasteiger partial charge in [0.15, 0.2) is 0 Å². The van der Waals surface area contributed by atoms with Gasteiger partial charge in [-0.3, -0.25) is 9.59 Å². The topological polar surface area (TPSA) is 85.3 Å². The SMILES string of the molecule is COCCN1C(=O)C(=O)/C(=C(/O)c2cc(Cl)cc(Cl)c2OC)C1c1ccc(OCc2ccccc2C)cc1. The standard InChI is InChI=1S/C29H27Cl2NO6/c1-17-6-4-5-7-19(17)16-38-21-10-8-18(9-11-21)25-24(27(34)29(35)32(25)12-13-36-2)26(33)22-14-20(30)15-23(31)28(22)37-3/h4-11,14-15,25,33H,12-13,16H2,1-3H3/b26-24+. The molecule has 1 fully saturated rings. The number of nitrogens with zero attached hydrogens (tertiary/aromatic N) is 1. The molecule has 0 aromatic heterocycles. The smallest absolute Gasteiger partial charge is 0.295 e. The summed E-state index contributed by atoms with van der Waals surface area (Å²) in [5.74, 6) is -1.26. The number of rotatable bonds is 9. The van der Waals surface area contributed by atoms with Crippen LogP contribution in [0.1, 0.15) is 28.3 Å². The number of likely N-dealkylation sites (tertiary alicyclic amines) is 1. The lowest BCUT2D eigenvalue weighted by Gasteiger charge is -2.25. The maximum absolute atomic E-state index is 13.2. The summed E-state index contributed by atoms with van der Waals surface area (Å²) in [6, 6.07) is 17.0. The van der Waals surface area contributed by atoms with Crippen LogP contribution in [-0.2, 0) is 20.9 Å². The van der Waals surface area contributed by atoms with E-state index >= 15 is 0 Å². The third kappa shape index (κ3) is 5.50. The Balaban J connectivity index is 1.74. The molecule has 198 valence electrons. The number of ether oxygens (including phenoxy) is 3. The van der Waals surface area contributed by atoms with Crippen molar-refractivity contribution in [3.8, 4) is 11.5 Å². The van der Waals surface area contributed by atoms with Crippen molar-refractivity contribution < 1.29 is 28.9 Å². The van der Waals surface area contributed by atoms with Gasteiger partial charge < -0.3 is 24.2 Å². The summed E-state index contributed by atoms with van der Waals surface area (Å²) >= 11 is 12.4. The summed E-state index contributed by atoms with van der Waals surface area (Å²) in [5.41, 5.74) is 2.81. The van der Waals surface area contributed by atoms with Crippen molar-refractivity contribution in [2.75, 3.05) is 27.4 Å². The third-order valence-electron chi connectivity index (χ3n) is 6.40. The van der Waals surface area contributed by atoms with Crippen LogP contribution in [0.5, 0.6) is 11.5 Å². The Morgan fingerprint density at radius 3 is 2.39 bits per heavy atom. The number of aliphatic hydroxyl groups is 1. The van der Waals surface area contributed by atoms with E-state index < -0.39 is 23.5 Å². The van der Waals surface area contributed by atoms with Crippen LogP contribution in [0.15, 0.2) is 66.2 Å². The maximum atomic E-state index is 13.2. The van der Waals surface area contributed by atoms with Gasteiger partial charge in [-0.15, -0.1) is 0 Å². The van der Waals surface area contributed by atoms with Gasteiger partial charge in [-0.05, 0) is 47.9 Å². The number of hydrogen-bond acceptors (Lipinski definition) is 6. The summed E-state index contributed by atoms with van der Waals surface area (Å²) < 4.78 is 16.5. The first-order valence-corrected chi connectivity index (χ1v) is 12.6. The van der Waals surface area contributed by atoms with Crippen molar-refractivity contribution in [2.24, 2.45) is 0 Å². The summed E-state index contributed by atoms with van der Waals surface area (Å²) in [6.45, 7) is 2.76. The van der Waals surface area contributed by atoms with E-state index in [0.717, 1.165) is 11.1 Å². The normalized spacial score (nSPS) is 16.7. The van der Waals surface area contributed by atoms with E-state index in [9.17, 15) is 14.7 Å². The number of hydrogen-bond donors (Lipinski definition) is 1. The molecule has 1 atom stereocenters. The van der Waals surface area contributed by atoms with Gasteiger partial charge >= 0.3 is 0 Å². The second-order valence-electron chi connectivity index (χ2n) is 8.74. The second kappa shape index (κ2) is 11.9. The van der Waals surface area contributed by atoms with Crippen molar-refractivity contribution in [3.05, 3.63) is 98.5 Å². The minimum Gasteiger partial charge on any atom is -0.507 e. The highest BCUT2D eigenvalue weighted by Crippen LogP contribution is 2.43. The Hall–Kier alpha value is -3.52. The molecule has 0 spiro atoms. The van der Waals surface area contributed by atoms with Crippen LogP contribution in [-0.4, -0.2) is 49.1 Å². The van der Waals surface area contributed by atoms with Crippen LogP contribution in [0.2, 0.25) is 10.0 Å². The predicted octanol–water partition coefficient (Wildman–Crippen LogP) is 5.96. The van der Waals surface area contributed by atoms with Crippen molar-refractivity contribution in [3.63, 3.8) is 0 Å². The monoisotopic (exact) mass is 555 g/mol. The van der Waals surface area contributed by atoms with Crippen molar-refractivity contribution in [1.29, 1.82) is 0 Å². The van der Waals surface area contributed by atoms with Gasteiger partial charge in [-0.25, -0.2) is 0 Å². The molecule has 0 aliphatic carbocycles. The lowest BCUT2D eigenvalue weighted by Crippen LogP contribution is -2.32. The fraction of sp³-hybridized carbons (Fsp3) is 0.241. The fourth-order valence-corrected chi connectivity index (χ4v) is 4.99. The number of carbonyl (C=O) groups excluding carboxylic acids is 2. The molecular formula is C29H27Cl2NO6. The van der Waals surface area contributed by atoms with E-state index in [4.69, 9.17) is 37.4 Å². The highest BCUT2D eigenvalue weighted by atomic mass is 35.5. The zero-order valence-electron chi connectivity index (χ0n) is 21.2. The first kappa shape index (κ1) is 27.5. The Bertz CT molecular complexity index is 1390. The zero-order chi connectivity index (χ0) is 27.4.